The summed E-state index contributed by atoms with van der Waals surface area (Å²) in [4.78, 5) is 14.9. The summed E-state index contributed by atoms with van der Waals surface area (Å²) in [6.45, 7) is 3.77. The molecule has 8 heteroatoms. The highest BCUT2D eigenvalue weighted by Crippen LogP contribution is 2.32. The van der Waals surface area contributed by atoms with Gasteiger partial charge in [-0.1, -0.05) is 95.1 Å². The van der Waals surface area contributed by atoms with Crippen molar-refractivity contribution in [3.8, 4) is 17.1 Å². The van der Waals surface area contributed by atoms with Crippen molar-refractivity contribution < 1.29 is 4.79 Å². The third kappa shape index (κ3) is 7.05. The summed E-state index contributed by atoms with van der Waals surface area (Å²) in [7, 11) is 0. The first-order chi connectivity index (χ1) is 19.0. The van der Waals surface area contributed by atoms with Gasteiger partial charge in [-0.15, -0.1) is 10.2 Å². The Morgan fingerprint density at radius 3 is 2.41 bits per heavy atom. The standard InChI is InChI=1S/C31H32Cl2N4OS/c1-22-9-11-25(12-10-22)30-34-35-31(37(30)26-13-14-27(32)28(33)21-26)39-19-5-8-29(38)36-17-15-24(16-18-36)20-23-6-3-2-4-7-23/h2-4,6-7,9-14,21,24H,5,8,15-20H2,1H3. The quantitative estimate of drug-likeness (QED) is 0.149. The van der Waals surface area contributed by atoms with Gasteiger partial charge in [0.15, 0.2) is 11.0 Å². The first-order valence-electron chi connectivity index (χ1n) is 13.4. The minimum Gasteiger partial charge on any atom is -0.343 e. The van der Waals surface area contributed by atoms with Crippen molar-refractivity contribution in [2.24, 2.45) is 5.92 Å². The zero-order chi connectivity index (χ0) is 27.2. The molecule has 202 valence electrons. The van der Waals surface area contributed by atoms with Crippen molar-refractivity contribution in [1.82, 2.24) is 19.7 Å². The summed E-state index contributed by atoms with van der Waals surface area (Å²) >= 11 is 14.1. The van der Waals surface area contributed by atoms with Crippen molar-refractivity contribution in [3.05, 3.63) is 94.0 Å². The van der Waals surface area contributed by atoms with Gasteiger partial charge >= 0.3 is 0 Å². The topological polar surface area (TPSA) is 51.0 Å². The van der Waals surface area contributed by atoms with Crippen LogP contribution in [0.1, 0.15) is 36.8 Å². The molecule has 4 aromatic rings. The van der Waals surface area contributed by atoms with Crippen molar-refractivity contribution in [2.75, 3.05) is 18.8 Å². The number of piperidine rings is 1. The number of rotatable bonds is 9. The Balaban J connectivity index is 1.18. The number of likely N-dealkylation sites (tertiary alicyclic amines) is 1. The summed E-state index contributed by atoms with van der Waals surface area (Å²) in [5.74, 6) is 2.41. The van der Waals surface area contributed by atoms with Crippen LogP contribution in [0.4, 0.5) is 0 Å². The number of aryl methyl sites for hydroxylation is 1. The third-order valence-corrected chi connectivity index (χ3v) is 8.96. The van der Waals surface area contributed by atoms with Gasteiger partial charge in [-0.25, -0.2) is 0 Å². The molecule has 2 heterocycles. The molecule has 3 aromatic carbocycles. The summed E-state index contributed by atoms with van der Waals surface area (Å²) in [6, 6.07) is 24.4. The number of thioether (sulfide) groups is 1. The first-order valence-corrected chi connectivity index (χ1v) is 15.1. The molecule has 0 aliphatic carbocycles. The number of halogens is 2. The minimum atomic E-state index is 0.250. The van der Waals surface area contributed by atoms with Gasteiger partial charge in [0.1, 0.15) is 0 Å². The van der Waals surface area contributed by atoms with Crippen molar-refractivity contribution in [3.63, 3.8) is 0 Å². The molecule has 1 fully saturated rings. The molecule has 0 atom stereocenters. The number of nitrogens with zero attached hydrogens (tertiary/aromatic N) is 4. The zero-order valence-corrected chi connectivity index (χ0v) is 24.4. The highest BCUT2D eigenvalue weighted by Gasteiger charge is 2.23. The molecule has 0 spiro atoms. The fourth-order valence-electron chi connectivity index (χ4n) is 4.99. The van der Waals surface area contributed by atoms with E-state index in [0.717, 1.165) is 66.8 Å². The molecule has 1 aliphatic heterocycles. The Hall–Kier alpha value is -2.80. The molecule has 1 saturated heterocycles. The van der Waals surface area contributed by atoms with E-state index in [9.17, 15) is 4.79 Å². The van der Waals surface area contributed by atoms with E-state index in [2.05, 4.69) is 59.6 Å². The Bertz CT molecular complexity index is 1400. The molecule has 1 amide bonds. The predicted molar refractivity (Wildman–Crippen MR) is 161 cm³/mol. The lowest BCUT2D eigenvalue weighted by atomic mass is 9.90. The normalized spacial score (nSPS) is 14.1. The fraction of sp³-hybridized carbons (Fsp3) is 0.323. The highest BCUT2D eigenvalue weighted by atomic mass is 35.5. The van der Waals surface area contributed by atoms with Crippen LogP contribution in [-0.2, 0) is 11.2 Å². The summed E-state index contributed by atoms with van der Waals surface area (Å²) in [6.07, 6.45) is 4.57. The van der Waals surface area contributed by atoms with Crippen LogP contribution in [-0.4, -0.2) is 44.4 Å². The molecule has 0 saturated carbocycles. The van der Waals surface area contributed by atoms with Crippen LogP contribution in [0.5, 0.6) is 0 Å². The van der Waals surface area contributed by atoms with E-state index in [1.807, 2.05) is 33.7 Å². The maximum atomic E-state index is 12.9. The molecule has 5 rings (SSSR count). The molecule has 39 heavy (non-hydrogen) atoms. The number of hydrogen-bond acceptors (Lipinski definition) is 4. The van der Waals surface area contributed by atoms with Crippen LogP contribution in [0.15, 0.2) is 78.0 Å². The van der Waals surface area contributed by atoms with E-state index in [4.69, 9.17) is 23.2 Å². The molecule has 1 aliphatic rings. The van der Waals surface area contributed by atoms with Crippen LogP contribution in [0.25, 0.3) is 17.1 Å². The summed E-state index contributed by atoms with van der Waals surface area (Å²) < 4.78 is 2.01. The number of carbonyl (C=O) groups is 1. The average Bonchev–Trinajstić information content (AvgIpc) is 3.37. The molecule has 0 bridgehead atoms. The van der Waals surface area contributed by atoms with Crippen molar-refractivity contribution in [2.45, 2.75) is 44.2 Å². The Morgan fingerprint density at radius 2 is 1.69 bits per heavy atom. The van der Waals surface area contributed by atoms with Crippen LogP contribution < -0.4 is 0 Å². The Kier molecular flexibility index (Phi) is 9.28. The molecular formula is C31H32Cl2N4OS. The second kappa shape index (κ2) is 13.0. The predicted octanol–water partition coefficient (Wildman–Crippen LogP) is 7.90. The number of aromatic nitrogens is 3. The summed E-state index contributed by atoms with van der Waals surface area (Å²) in [5.41, 5.74) is 4.39. The molecule has 5 nitrogen and oxygen atoms in total. The van der Waals surface area contributed by atoms with Gasteiger partial charge < -0.3 is 4.90 Å². The van der Waals surface area contributed by atoms with E-state index in [1.54, 1.807) is 17.8 Å². The van der Waals surface area contributed by atoms with Gasteiger partial charge in [0.25, 0.3) is 0 Å². The lowest BCUT2D eigenvalue weighted by Crippen LogP contribution is -2.38. The second-order valence-corrected chi connectivity index (χ2v) is 11.9. The smallest absolute Gasteiger partial charge is 0.222 e. The largest absolute Gasteiger partial charge is 0.343 e. The van der Waals surface area contributed by atoms with Crippen LogP contribution in [0.3, 0.4) is 0 Å². The number of benzene rings is 3. The molecule has 0 N–H and O–H groups in total. The number of amides is 1. The van der Waals surface area contributed by atoms with E-state index in [0.29, 0.717) is 22.4 Å². The van der Waals surface area contributed by atoms with Gasteiger partial charge in [-0.3, -0.25) is 9.36 Å². The summed E-state index contributed by atoms with van der Waals surface area (Å²) in [5, 5.41) is 10.7. The van der Waals surface area contributed by atoms with Gasteiger partial charge in [-0.05, 0) is 62.3 Å². The lowest BCUT2D eigenvalue weighted by molar-refractivity contribution is -0.132. The van der Waals surface area contributed by atoms with Gasteiger partial charge in [0, 0.05) is 30.8 Å². The fourth-order valence-corrected chi connectivity index (χ4v) is 6.17. The first kappa shape index (κ1) is 27.8. The zero-order valence-electron chi connectivity index (χ0n) is 22.0. The second-order valence-electron chi connectivity index (χ2n) is 10.1. The van der Waals surface area contributed by atoms with Crippen molar-refractivity contribution in [1.29, 1.82) is 0 Å². The van der Waals surface area contributed by atoms with Gasteiger partial charge in [0.05, 0.1) is 15.7 Å². The molecule has 0 unspecified atom stereocenters. The number of carbonyl (C=O) groups excluding carboxylic acids is 1. The van der Waals surface area contributed by atoms with Crippen LogP contribution in [0.2, 0.25) is 10.0 Å². The molecular weight excluding hydrogens is 547 g/mol. The average molecular weight is 580 g/mol. The van der Waals surface area contributed by atoms with Crippen LogP contribution in [0, 0.1) is 12.8 Å². The minimum absolute atomic E-state index is 0.250. The SMILES string of the molecule is Cc1ccc(-c2nnc(SCCCC(=O)N3CCC(Cc4ccccc4)CC3)n2-c2ccc(Cl)c(Cl)c2)cc1. The van der Waals surface area contributed by atoms with E-state index < -0.39 is 0 Å². The van der Waals surface area contributed by atoms with Gasteiger partial charge in [-0.2, -0.15) is 0 Å². The monoisotopic (exact) mass is 578 g/mol. The highest BCUT2D eigenvalue weighted by molar-refractivity contribution is 7.99. The Morgan fingerprint density at radius 1 is 0.949 bits per heavy atom. The van der Waals surface area contributed by atoms with E-state index >= 15 is 0 Å². The Labute approximate surface area is 244 Å². The maximum absolute atomic E-state index is 12.9. The lowest BCUT2D eigenvalue weighted by Gasteiger charge is -2.32. The van der Waals surface area contributed by atoms with Gasteiger partial charge in [0.2, 0.25) is 5.91 Å². The molecule has 0 radical (unpaired) electrons. The number of hydrogen-bond donors (Lipinski definition) is 0. The van der Waals surface area contributed by atoms with E-state index in [1.165, 1.54) is 11.1 Å². The molecule has 1 aromatic heterocycles. The maximum Gasteiger partial charge on any atom is 0.222 e. The van der Waals surface area contributed by atoms with E-state index in [-0.39, 0.29) is 5.91 Å². The van der Waals surface area contributed by atoms with Crippen molar-refractivity contribution >= 4 is 40.9 Å². The third-order valence-electron chi connectivity index (χ3n) is 7.21. The van der Waals surface area contributed by atoms with Crippen LogP contribution >= 0.6 is 35.0 Å².